The van der Waals surface area contributed by atoms with Crippen molar-refractivity contribution >= 4 is 17.5 Å². The summed E-state index contributed by atoms with van der Waals surface area (Å²) in [6.45, 7) is 3.15. The van der Waals surface area contributed by atoms with Gasteiger partial charge in [0.2, 0.25) is 5.91 Å². The van der Waals surface area contributed by atoms with Gasteiger partial charge in [0.25, 0.3) is 0 Å². The molecule has 1 aliphatic heterocycles. The van der Waals surface area contributed by atoms with Gasteiger partial charge in [-0.1, -0.05) is 48.0 Å². The lowest BCUT2D eigenvalue weighted by atomic mass is 10.1. The van der Waals surface area contributed by atoms with E-state index in [2.05, 4.69) is 4.90 Å². The van der Waals surface area contributed by atoms with Crippen LogP contribution in [-0.4, -0.2) is 48.4 Å². The van der Waals surface area contributed by atoms with Gasteiger partial charge in [0.15, 0.2) is 0 Å². The van der Waals surface area contributed by atoms with Gasteiger partial charge in [-0.25, -0.2) is 4.39 Å². The molecule has 0 N–H and O–H groups in total. The predicted molar refractivity (Wildman–Crippen MR) is 134 cm³/mol. The van der Waals surface area contributed by atoms with Crippen molar-refractivity contribution in [2.75, 3.05) is 32.7 Å². The molecule has 1 saturated heterocycles. The van der Waals surface area contributed by atoms with E-state index in [9.17, 15) is 22.4 Å². The fourth-order valence-corrected chi connectivity index (χ4v) is 4.35. The number of nitrogens with zero attached hydrogens (tertiary/aromatic N) is 2. The maximum absolute atomic E-state index is 13.1. The molecule has 196 valence electrons. The Bertz CT molecular complexity index is 1160. The summed E-state index contributed by atoms with van der Waals surface area (Å²) in [7, 11) is 0. The zero-order chi connectivity index (χ0) is 26.4. The minimum Gasteiger partial charge on any atom is -0.368 e. The average Bonchev–Trinajstić information content (AvgIpc) is 2.88. The first kappa shape index (κ1) is 27.1. The highest BCUT2D eigenvalue weighted by atomic mass is 35.5. The van der Waals surface area contributed by atoms with Gasteiger partial charge in [-0.05, 0) is 53.1 Å². The molecule has 3 aromatic rings. The van der Waals surface area contributed by atoms with Crippen LogP contribution in [0.5, 0.6) is 0 Å². The number of alkyl halides is 3. The van der Waals surface area contributed by atoms with Crippen LogP contribution in [0.4, 0.5) is 17.6 Å². The monoisotopic (exact) mass is 534 g/mol. The zero-order valence-electron chi connectivity index (χ0n) is 20.1. The number of carbonyl (C=O) groups excluding carboxylic acids is 1. The lowest BCUT2D eigenvalue weighted by molar-refractivity contribution is -0.137. The minimum atomic E-state index is -4.38. The first-order valence-electron chi connectivity index (χ1n) is 11.9. The number of ether oxygens (including phenoxy) is 1. The summed E-state index contributed by atoms with van der Waals surface area (Å²) in [5, 5.41) is 0.596. The highest BCUT2D eigenvalue weighted by Gasteiger charge is 2.30. The van der Waals surface area contributed by atoms with Gasteiger partial charge in [0.1, 0.15) is 5.82 Å². The summed E-state index contributed by atoms with van der Waals surface area (Å²) in [5.41, 5.74) is 1.62. The molecule has 0 spiro atoms. The second-order valence-corrected chi connectivity index (χ2v) is 9.47. The van der Waals surface area contributed by atoms with Gasteiger partial charge in [-0.3, -0.25) is 9.69 Å². The third-order valence-corrected chi connectivity index (χ3v) is 6.64. The fourth-order valence-electron chi connectivity index (χ4n) is 4.22. The SMILES string of the molecule is O=C(Cc1ccc(F)cc1)N1CCN(C[C@@H](OCc2ccc(C(F)(F)F)cc2)c2ccc(Cl)cc2)CC1. The highest BCUT2D eigenvalue weighted by Crippen LogP contribution is 2.30. The Balaban J connectivity index is 1.35. The number of rotatable bonds is 8. The van der Waals surface area contributed by atoms with E-state index < -0.39 is 11.7 Å². The van der Waals surface area contributed by atoms with Gasteiger partial charge >= 0.3 is 6.18 Å². The van der Waals surface area contributed by atoms with Crippen molar-refractivity contribution in [1.29, 1.82) is 0 Å². The van der Waals surface area contributed by atoms with E-state index in [0.29, 0.717) is 43.3 Å². The largest absolute Gasteiger partial charge is 0.416 e. The Morgan fingerprint density at radius 1 is 0.865 bits per heavy atom. The van der Waals surface area contributed by atoms with Crippen molar-refractivity contribution in [1.82, 2.24) is 9.80 Å². The van der Waals surface area contributed by atoms with Crippen LogP contribution in [0.15, 0.2) is 72.8 Å². The molecule has 0 saturated carbocycles. The molecule has 1 heterocycles. The smallest absolute Gasteiger partial charge is 0.368 e. The van der Waals surface area contributed by atoms with Crippen molar-refractivity contribution in [2.24, 2.45) is 0 Å². The van der Waals surface area contributed by atoms with E-state index in [4.69, 9.17) is 16.3 Å². The maximum atomic E-state index is 13.1. The molecular weight excluding hydrogens is 508 g/mol. The van der Waals surface area contributed by atoms with E-state index in [-0.39, 0.29) is 30.9 Å². The van der Waals surface area contributed by atoms with E-state index in [1.807, 2.05) is 12.1 Å². The normalized spacial score (nSPS) is 15.5. The molecule has 0 bridgehead atoms. The van der Waals surface area contributed by atoms with Crippen molar-refractivity contribution in [3.63, 3.8) is 0 Å². The van der Waals surface area contributed by atoms with Crippen LogP contribution in [0.2, 0.25) is 5.02 Å². The van der Waals surface area contributed by atoms with Gasteiger partial charge in [0.05, 0.1) is 24.7 Å². The summed E-state index contributed by atoms with van der Waals surface area (Å²) >= 11 is 6.05. The van der Waals surface area contributed by atoms with Gasteiger partial charge in [0, 0.05) is 37.7 Å². The summed E-state index contributed by atoms with van der Waals surface area (Å²) < 4.78 is 57.9. The first-order valence-corrected chi connectivity index (χ1v) is 12.3. The lowest BCUT2D eigenvalue weighted by Gasteiger charge is -2.36. The molecule has 0 radical (unpaired) electrons. The van der Waals surface area contributed by atoms with E-state index in [1.54, 1.807) is 29.2 Å². The van der Waals surface area contributed by atoms with Crippen LogP contribution in [0, 0.1) is 5.82 Å². The Hall–Kier alpha value is -2.94. The number of piperazine rings is 1. The fraction of sp³-hybridized carbons (Fsp3) is 0.321. The quantitative estimate of drug-likeness (QED) is 0.325. The Morgan fingerprint density at radius 2 is 1.46 bits per heavy atom. The molecule has 0 unspecified atom stereocenters. The molecular formula is C28H27ClF4N2O2. The summed E-state index contributed by atoms with van der Waals surface area (Å²) in [6, 6.07) is 18.2. The van der Waals surface area contributed by atoms with Crippen LogP contribution in [0.25, 0.3) is 0 Å². The second kappa shape index (κ2) is 12.1. The minimum absolute atomic E-state index is 0.000867. The number of hydrogen-bond acceptors (Lipinski definition) is 3. The van der Waals surface area contributed by atoms with Crippen LogP contribution >= 0.6 is 11.6 Å². The van der Waals surface area contributed by atoms with E-state index >= 15 is 0 Å². The molecule has 0 aliphatic carbocycles. The van der Waals surface area contributed by atoms with Gasteiger partial charge in [-0.2, -0.15) is 13.2 Å². The molecule has 1 aliphatic rings. The number of benzene rings is 3. The number of hydrogen-bond donors (Lipinski definition) is 0. The molecule has 37 heavy (non-hydrogen) atoms. The third-order valence-electron chi connectivity index (χ3n) is 6.39. The second-order valence-electron chi connectivity index (χ2n) is 9.03. The maximum Gasteiger partial charge on any atom is 0.416 e. The number of halogens is 5. The van der Waals surface area contributed by atoms with Crippen LogP contribution < -0.4 is 0 Å². The predicted octanol–water partition coefficient (Wildman–Crippen LogP) is 6.14. The molecule has 0 aromatic heterocycles. The number of carbonyl (C=O) groups is 1. The van der Waals surface area contributed by atoms with Crippen LogP contribution in [-0.2, 0) is 28.7 Å². The topological polar surface area (TPSA) is 32.8 Å². The van der Waals surface area contributed by atoms with Crippen LogP contribution in [0.3, 0.4) is 0 Å². The lowest BCUT2D eigenvalue weighted by Crippen LogP contribution is -2.50. The third kappa shape index (κ3) is 7.77. The first-order chi connectivity index (χ1) is 17.7. The molecule has 4 nitrogen and oxygen atoms in total. The standard InChI is InChI=1S/C28H27ClF4N2O2/c29-24-9-5-22(6-10-24)26(37-19-21-1-7-23(8-2-21)28(31,32)33)18-34-13-15-35(16-14-34)27(36)17-20-3-11-25(30)12-4-20/h1-12,26H,13-19H2/t26-/m1/s1. The summed E-state index contributed by atoms with van der Waals surface area (Å²) in [5.74, 6) is -0.334. The van der Waals surface area contributed by atoms with Crippen molar-refractivity contribution < 1.29 is 27.1 Å². The highest BCUT2D eigenvalue weighted by molar-refractivity contribution is 6.30. The van der Waals surface area contributed by atoms with Crippen molar-refractivity contribution in [2.45, 2.75) is 25.3 Å². The zero-order valence-corrected chi connectivity index (χ0v) is 20.8. The van der Waals surface area contributed by atoms with Crippen molar-refractivity contribution in [3.8, 4) is 0 Å². The molecule has 1 atom stereocenters. The molecule has 9 heteroatoms. The Kier molecular flexibility index (Phi) is 8.84. The summed E-state index contributed by atoms with van der Waals surface area (Å²) in [4.78, 5) is 16.7. The van der Waals surface area contributed by atoms with Crippen molar-refractivity contribution in [3.05, 3.63) is 106 Å². The molecule has 3 aromatic carbocycles. The Labute approximate surface area is 218 Å². The van der Waals surface area contributed by atoms with Crippen LogP contribution in [0.1, 0.15) is 28.4 Å². The molecule has 1 fully saturated rings. The van der Waals surface area contributed by atoms with E-state index in [1.165, 1.54) is 24.3 Å². The van der Waals surface area contributed by atoms with Gasteiger partial charge < -0.3 is 9.64 Å². The number of amides is 1. The van der Waals surface area contributed by atoms with Gasteiger partial charge in [-0.15, -0.1) is 0 Å². The molecule has 1 amide bonds. The average molecular weight is 535 g/mol. The Morgan fingerprint density at radius 3 is 2.05 bits per heavy atom. The summed E-state index contributed by atoms with van der Waals surface area (Å²) in [6.07, 6.45) is -4.49. The van der Waals surface area contributed by atoms with E-state index in [0.717, 1.165) is 23.3 Å². The molecule has 4 rings (SSSR count).